The molecule has 0 radical (unpaired) electrons. The molecule has 3 N–H and O–H groups in total. The number of aliphatic carboxylic acids is 1. The van der Waals surface area contributed by atoms with Crippen molar-refractivity contribution in [1.29, 1.82) is 0 Å². The lowest BCUT2D eigenvalue weighted by Crippen LogP contribution is -2.40. The molecule has 0 aromatic heterocycles. The molecular weight excluding hydrogens is 166 g/mol. The molecule has 13 heavy (non-hydrogen) atoms. The van der Waals surface area contributed by atoms with Crippen LogP contribution in [0.5, 0.6) is 0 Å². The van der Waals surface area contributed by atoms with Gasteiger partial charge in [0.1, 0.15) is 0 Å². The number of hydrogen-bond donors (Lipinski definition) is 2. The molecule has 0 aliphatic heterocycles. The summed E-state index contributed by atoms with van der Waals surface area (Å²) in [7, 11) is 0. The monoisotopic (exact) mass is 185 g/mol. The summed E-state index contributed by atoms with van der Waals surface area (Å²) in [4.78, 5) is 10.9. The van der Waals surface area contributed by atoms with E-state index in [2.05, 4.69) is 0 Å². The molecule has 0 bridgehead atoms. The fraction of sp³-hybridized carbons (Fsp3) is 0.900. The van der Waals surface area contributed by atoms with Crippen molar-refractivity contribution >= 4 is 5.97 Å². The highest BCUT2D eigenvalue weighted by Crippen LogP contribution is 2.31. The summed E-state index contributed by atoms with van der Waals surface area (Å²) < 4.78 is 0. The van der Waals surface area contributed by atoms with Crippen molar-refractivity contribution in [1.82, 2.24) is 0 Å². The van der Waals surface area contributed by atoms with E-state index < -0.39 is 5.97 Å². The van der Waals surface area contributed by atoms with Crippen LogP contribution in [0.15, 0.2) is 0 Å². The van der Waals surface area contributed by atoms with Gasteiger partial charge < -0.3 is 10.8 Å². The van der Waals surface area contributed by atoms with Gasteiger partial charge in [-0.3, -0.25) is 4.79 Å². The molecule has 1 rings (SSSR count). The van der Waals surface area contributed by atoms with Gasteiger partial charge in [-0.25, -0.2) is 0 Å². The first kappa shape index (κ1) is 10.5. The van der Waals surface area contributed by atoms with Crippen molar-refractivity contribution in [3.63, 3.8) is 0 Å². The van der Waals surface area contributed by atoms with Crippen LogP contribution < -0.4 is 5.73 Å². The summed E-state index contributed by atoms with van der Waals surface area (Å²) in [6.07, 6.45) is 4.99. The molecule has 0 saturated heterocycles. The van der Waals surface area contributed by atoms with E-state index in [-0.39, 0.29) is 17.9 Å². The van der Waals surface area contributed by atoms with Gasteiger partial charge in [-0.15, -0.1) is 0 Å². The first-order chi connectivity index (χ1) is 6.16. The topological polar surface area (TPSA) is 63.3 Å². The SMILES string of the molecule is CC[C@H](C(=O)O)C1CCCCC1N. The Morgan fingerprint density at radius 2 is 2.15 bits per heavy atom. The number of carbonyl (C=O) groups is 1. The molecule has 3 nitrogen and oxygen atoms in total. The van der Waals surface area contributed by atoms with Crippen molar-refractivity contribution in [2.45, 2.75) is 45.1 Å². The van der Waals surface area contributed by atoms with Crippen LogP contribution >= 0.6 is 0 Å². The lowest BCUT2D eigenvalue weighted by molar-refractivity contribution is -0.144. The Morgan fingerprint density at radius 1 is 1.54 bits per heavy atom. The molecule has 0 aromatic rings. The van der Waals surface area contributed by atoms with Gasteiger partial charge in [0, 0.05) is 6.04 Å². The zero-order chi connectivity index (χ0) is 9.84. The molecule has 2 unspecified atom stereocenters. The minimum atomic E-state index is -0.676. The van der Waals surface area contributed by atoms with Gasteiger partial charge in [0.2, 0.25) is 0 Å². The van der Waals surface area contributed by atoms with Crippen LogP contribution in [0.3, 0.4) is 0 Å². The predicted molar refractivity (Wildman–Crippen MR) is 51.4 cm³/mol. The molecule has 1 aliphatic rings. The summed E-state index contributed by atoms with van der Waals surface area (Å²) in [6, 6.07) is 0.106. The highest BCUT2D eigenvalue weighted by atomic mass is 16.4. The van der Waals surface area contributed by atoms with Crippen molar-refractivity contribution in [2.24, 2.45) is 17.6 Å². The molecule has 1 aliphatic carbocycles. The van der Waals surface area contributed by atoms with Crippen LogP contribution in [0.1, 0.15) is 39.0 Å². The maximum absolute atomic E-state index is 10.9. The molecule has 3 atom stereocenters. The third-order valence-corrected chi connectivity index (χ3v) is 3.15. The van der Waals surface area contributed by atoms with Gasteiger partial charge in [-0.1, -0.05) is 19.8 Å². The minimum absolute atomic E-state index is 0.106. The van der Waals surface area contributed by atoms with Crippen molar-refractivity contribution in [2.75, 3.05) is 0 Å². The Hall–Kier alpha value is -0.570. The molecule has 1 saturated carbocycles. The quantitative estimate of drug-likeness (QED) is 0.702. The van der Waals surface area contributed by atoms with Crippen molar-refractivity contribution < 1.29 is 9.90 Å². The number of carboxylic acids is 1. The third-order valence-electron chi connectivity index (χ3n) is 3.15. The average molecular weight is 185 g/mol. The smallest absolute Gasteiger partial charge is 0.306 e. The lowest BCUT2D eigenvalue weighted by atomic mass is 9.76. The molecule has 0 spiro atoms. The second kappa shape index (κ2) is 4.61. The Morgan fingerprint density at radius 3 is 2.62 bits per heavy atom. The Balaban J connectivity index is 2.60. The van der Waals surface area contributed by atoms with Crippen LogP contribution in [0.4, 0.5) is 0 Å². The molecule has 0 heterocycles. The highest BCUT2D eigenvalue weighted by Gasteiger charge is 2.32. The zero-order valence-corrected chi connectivity index (χ0v) is 8.20. The van der Waals surface area contributed by atoms with Gasteiger partial charge in [-0.05, 0) is 25.2 Å². The average Bonchev–Trinajstić information content (AvgIpc) is 2.09. The summed E-state index contributed by atoms with van der Waals surface area (Å²) in [5.41, 5.74) is 5.93. The third kappa shape index (κ3) is 2.44. The van der Waals surface area contributed by atoms with E-state index in [9.17, 15) is 4.79 Å². The van der Waals surface area contributed by atoms with Gasteiger partial charge in [-0.2, -0.15) is 0 Å². The second-order valence-corrected chi connectivity index (χ2v) is 3.97. The maximum atomic E-state index is 10.9. The molecular formula is C10H19NO2. The van der Waals surface area contributed by atoms with Gasteiger partial charge >= 0.3 is 5.97 Å². The Kier molecular flexibility index (Phi) is 3.72. The normalized spacial score (nSPS) is 31.2. The number of carboxylic acid groups (broad SMARTS) is 1. The number of rotatable bonds is 3. The molecule has 76 valence electrons. The minimum Gasteiger partial charge on any atom is -0.481 e. The van der Waals surface area contributed by atoms with E-state index in [4.69, 9.17) is 10.8 Å². The van der Waals surface area contributed by atoms with Crippen LogP contribution in [-0.4, -0.2) is 17.1 Å². The molecule has 3 heteroatoms. The van der Waals surface area contributed by atoms with E-state index in [1.165, 1.54) is 0 Å². The maximum Gasteiger partial charge on any atom is 0.306 e. The van der Waals surface area contributed by atoms with Crippen LogP contribution in [0.25, 0.3) is 0 Å². The van der Waals surface area contributed by atoms with E-state index in [1.807, 2.05) is 6.92 Å². The van der Waals surface area contributed by atoms with Gasteiger partial charge in [0.05, 0.1) is 5.92 Å². The van der Waals surface area contributed by atoms with Crippen LogP contribution in [0, 0.1) is 11.8 Å². The molecule has 1 fully saturated rings. The van der Waals surface area contributed by atoms with E-state index in [1.54, 1.807) is 0 Å². The Bertz CT molecular complexity index is 182. The van der Waals surface area contributed by atoms with Crippen molar-refractivity contribution in [3.05, 3.63) is 0 Å². The summed E-state index contributed by atoms with van der Waals surface area (Å²) in [5.74, 6) is -0.698. The number of nitrogens with two attached hydrogens (primary N) is 1. The van der Waals surface area contributed by atoms with E-state index in [0.29, 0.717) is 6.42 Å². The predicted octanol–water partition coefficient (Wildman–Crippen LogP) is 1.61. The van der Waals surface area contributed by atoms with Crippen LogP contribution in [-0.2, 0) is 4.79 Å². The summed E-state index contributed by atoms with van der Waals surface area (Å²) >= 11 is 0. The second-order valence-electron chi connectivity index (χ2n) is 3.97. The first-order valence-corrected chi connectivity index (χ1v) is 5.15. The van der Waals surface area contributed by atoms with E-state index >= 15 is 0 Å². The van der Waals surface area contributed by atoms with Crippen molar-refractivity contribution in [3.8, 4) is 0 Å². The standard InChI is InChI=1S/C10H19NO2/c1-2-7(10(12)13)8-5-3-4-6-9(8)11/h7-9H,2-6,11H2,1H3,(H,12,13)/t7-,8?,9?/m0/s1. The largest absolute Gasteiger partial charge is 0.481 e. The molecule has 0 aromatic carbocycles. The van der Waals surface area contributed by atoms with Crippen LogP contribution in [0.2, 0.25) is 0 Å². The highest BCUT2D eigenvalue weighted by molar-refractivity contribution is 5.70. The van der Waals surface area contributed by atoms with Gasteiger partial charge in [0.15, 0.2) is 0 Å². The fourth-order valence-electron chi connectivity index (χ4n) is 2.35. The first-order valence-electron chi connectivity index (χ1n) is 5.15. The zero-order valence-electron chi connectivity index (χ0n) is 8.20. The molecule has 0 amide bonds. The Labute approximate surface area is 79.3 Å². The fourth-order valence-corrected chi connectivity index (χ4v) is 2.35. The lowest BCUT2D eigenvalue weighted by Gasteiger charge is -2.32. The van der Waals surface area contributed by atoms with E-state index in [0.717, 1.165) is 25.7 Å². The summed E-state index contributed by atoms with van der Waals surface area (Å²) in [5, 5.41) is 8.99. The van der Waals surface area contributed by atoms with Gasteiger partial charge in [0.25, 0.3) is 0 Å². The number of hydrogen-bond acceptors (Lipinski definition) is 2. The summed E-state index contributed by atoms with van der Waals surface area (Å²) in [6.45, 7) is 1.93.